The van der Waals surface area contributed by atoms with Gasteiger partial charge in [0.25, 0.3) is 0 Å². The van der Waals surface area contributed by atoms with Gasteiger partial charge in [0.05, 0.1) is 56.4 Å². The van der Waals surface area contributed by atoms with Gasteiger partial charge in [-0.25, -0.2) is 0 Å². The second-order valence-electron chi connectivity index (χ2n) is 33.3. The second-order valence-corrected chi connectivity index (χ2v) is 53.2. The average Bonchev–Trinajstić information content (AvgIpc) is 1.58. The first-order valence-corrected chi connectivity index (χ1v) is 44.8. The van der Waals surface area contributed by atoms with E-state index in [1.54, 1.807) is 0 Å². The molecule has 0 radical (unpaired) electrons. The van der Waals surface area contributed by atoms with Crippen molar-refractivity contribution in [1.82, 2.24) is 0 Å². The first kappa shape index (κ1) is 72.6. The summed E-state index contributed by atoms with van der Waals surface area (Å²) < 4.78 is 112. The van der Waals surface area contributed by atoms with E-state index in [9.17, 15) is 0 Å². The molecular weight excluding hydrogens is 1160 g/mol. The summed E-state index contributed by atoms with van der Waals surface area (Å²) in [6.45, 7) is 63.7. The Morgan fingerprint density at radius 1 is 0.547 bits per heavy atom. The van der Waals surface area contributed by atoms with Gasteiger partial charge < -0.3 is 74.9 Å². The van der Waals surface area contributed by atoms with Crippen LogP contribution in [-0.4, -0.2) is 174 Å². The molecule has 0 N–H and O–H groups in total. The summed E-state index contributed by atoms with van der Waals surface area (Å²) in [5.41, 5.74) is 1.94. The van der Waals surface area contributed by atoms with Crippen molar-refractivity contribution in [2.75, 3.05) is 26.6 Å². The number of hydrogen-bond acceptors (Lipinski definition) is 16. The van der Waals surface area contributed by atoms with Gasteiger partial charge in [-0.05, 0) is 140 Å². The zero-order chi connectivity index (χ0) is 64.2. The van der Waals surface area contributed by atoms with Crippen molar-refractivity contribution < 1.29 is 74.9 Å². The summed E-state index contributed by atoms with van der Waals surface area (Å²) in [4.78, 5) is 0. The maximum absolute atomic E-state index is 7.75. The lowest BCUT2D eigenvalue weighted by atomic mass is 9.87. The summed E-state index contributed by atoms with van der Waals surface area (Å²) in [5, 5.41) is -0.281. The molecule has 6 aliphatic rings. The SMILES string of the molecule is C=C(CC[C@@H](O[Si](C)(C)C(C)(C)C)[C@H]1C[C@H]2OC(C)(C)O[C@H]2[C@H]([C@@H]2OC(C)(C)O[C@@H]2CO[Si](C)(C)C(C)(C)C)O1)[C@@H](O[Si](C)(C)C(C)(C)C)[C@@H](OCOCC[Si](C)(C)C)[C@H]1C[C@H]2OC(C)(C)O[C@H]2[C@H]([C@@H]2OC(C)(C)O[C@@H]2COCc2ccccc2)O1. The molecular formula is C66H120O16Si4. The molecule has 0 aromatic heterocycles. The fraction of sp³-hybridized carbons (Fsp3) is 0.879. The van der Waals surface area contributed by atoms with Crippen molar-refractivity contribution in [3.63, 3.8) is 0 Å². The highest BCUT2D eigenvalue weighted by molar-refractivity contribution is 6.76. The van der Waals surface area contributed by atoms with Crippen LogP contribution in [0.3, 0.4) is 0 Å². The van der Waals surface area contributed by atoms with E-state index in [0.29, 0.717) is 45.5 Å². The van der Waals surface area contributed by atoms with Gasteiger partial charge >= 0.3 is 0 Å². The molecule has 15 atom stereocenters. The van der Waals surface area contributed by atoms with E-state index in [-0.39, 0.29) is 46.8 Å². The van der Waals surface area contributed by atoms with Crippen molar-refractivity contribution in [2.24, 2.45) is 0 Å². The molecule has 6 aliphatic heterocycles. The fourth-order valence-electron chi connectivity index (χ4n) is 11.8. The predicted octanol–water partition coefficient (Wildman–Crippen LogP) is 14.4. The Bertz CT molecular complexity index is 2360. The number of ether oxygens (including phenoxy) is 13. The van der Waals surface area contributed by atoms with Gasteiger partial charge in [-0.2, -0.15) is 0 Å². The molecule has 6 saturated heterocycles. The van der Waals surface area contributed by atoms with Crippen LogP contribution in [0.15, 0.2) is 42.5 Å². The van der Waals surface area contributed by atoms with E-state index in [0.717, 1.165) is 17.2 Å². The minimum atomic E-state index is -2.62. The lowest BCUT2D eigenvalue weighted by Crippen LogP contribution is -2.60. The van der Waals surface area contributed by atoms with Crippen molar-refractivity contribution in [2.45, 2.75) is 345 Å². The van der Waals surface area contributed by atoms with Gasteiger partial charge in [0, 0.05) is 27.5 Å². The van der Waals surface area contributed by atoms with Crippen LogP contribution in [0.5, 0.6) is 0 Å². The van der Waals surface area contributed by atoms with Crippen molar-refractivity contribution in [1.29, 1.82) is 0 Å². The molecule has 20 heteroatoms. The number of fused-ring (bicyclic) bond motifs is 2. The lowest BCUT2D eigenvalue weighted by molar-refractivity contribution is -0.237. The zero-order valence-corrected chi connectivity index (χ0v) is 62.4. The Morgan fingerprint density at radius 3 is 1.50 bits per heavy atom. The normalized spacial score (nSPS) is 32.4. The molecule has 0 aliphatic carbocycles. The maximum atomic E-state index is 7.75. The standard InChI is InChI=1S/C66H120O16Si4/c1-43(33-34-45(81-85(24,25)61(5,6)7)46-37-48-54(77-63(11,12)73-48)58(71-46)57-51(76-66(17,18)80-57)41-70-84(22,23)60(2,3)4)52(82-86(26,27)62(8,9)10)53(69-42-67-35-36-83(19,20)21)47-38-49-55(78-64(13,14)74-49)59(72-47)56-50(75-65(15,16)79-56)40-68-39-44-31-29-28-30-32-44/h28-32,45-59H,1,33-42H2,2-27H3/t45-,46-,47-,48-,49-,50-,51-,52-,53+,54-,55-,56-,57-,58-,59-/m1/s1. The smallest absolute Gasteiger partial charge is 0.193 e. The van der Waals surface area contributed by atoms with E-state index >= 15 is 0 Å². The molecule has 6 fully saturated rings. The third-order valence-electron chi connectivity index (χ3n) is 19.6. The third kappa shape index (κ3) is 18.5. The Balaban J connectivity index is 1.25. The fourth-order valence-corrected chi connectivity index (χ4v) is 16.3. The molecule has 0 bridgehead atoms. The summed E-state index contributed by atoms with van der Waals surface area (Å²) in [5.74, 6) is -3.56. The highest BCUT2D eigenvalue weighted by Gasteiger charge is 2.61. The molecule has 0 amide bonds. The minimum Gasteiger partial charge on any atom is -0.414 e. The van der Waals surface area contributed by atoms with E-state index < -0.39 is 129 Å². The van der Waals surface area contributed by atoms with Gasteiger partial charge in [-0.3, -0.25) is 0 Å². The van der Waals surface area contributed by atoms with Crippen LogP contribution in [0.4, 0.5) is 0 Å². The molecule has 16 nitrogen and oxygen atoms in total. The Morgan fingerprint density at radius 2 is 1.00 bits per heavy atom. The molecule has 1 aromatic rings. The molecule has 0 spiro atoms. The molecule has 0 saturated carbocycles. The molecule has 496 valence electrons. The third-order valence-corrected chi connectivity index (χ3v) is 34.8. The van der Waals surface area contributed by atoms with Gasteiger partial charge in [0.15, 0.2) is 48.1 Å². The molecule has 86 heavy (non-hydrogen) atoms. The highest BCUT2D eigenvalue weighted by atomic mass is 28.4. The maximum Gasteiger partial charge on any atom is 0.193 e. The molecule has 1 aromatic carbocycles. The van der Waals surface area contributed by atoms with Crippen molar-refractivity contribution in [3.05, 3.63) is 48.0 Å². The lowest BCUT2D eigenvalue weighted by Gasteiger charge is -2.47. The van der Waals surface area contributed by atoms with Gasteiger partial charge in [0.1, 0.15) is 61.7 Å². The summed E-state index contributed by atoms with van der Waals surface area (Å²) in [7, 11) is -8.71. The van der Waals surface area contributed by atoms with E-state index in [1.165, 1.54) is 0 Å². The monoisotopic (exact) mass is 1280 g/mol. The first-order valence-electron chi connectivity index (χ1n) is 32.4. The van der Waals surface area contributed by atoms with Gasteiger partial charge in [-0.15, -0.1) is 0 Å². The Labute approximate surface area is 524 Å². The summed E-state index contributed by atoms with van der Waals surface area (Å²) in [6, 6.07) is 11.2. The van der Waals surface area contributed by atoms with Gasteiger partial charge in [0.2, 0.25) is 0 Å². The second kappa shape index (κ2) is 26.9. The van der Waals surface area contributed by atoms with Crippen LogP contribution in [-0.2, 0) is 81.5 Å². The van der Waals surface area contributed by atoms with Gasteiger partial charge in [-0.1, -0.05) is 119 Å². The van der Waals surface area contributed by atoms with Crippen LogP contribution >= 0.6 is 0 Å². The van der Waals surface area contributed by atoms with E-state index in [4.69, 9.17) is 81.4 Å². The number of hydrogen-bond donors (Lipinski definition) is 0. The minimum absolute atomic E-state index is 0.00671. The topological polar surface area (TPSA) is 148 Å². The predicted molar refractivity (Wildman–Crippen MR) is 347 cm³/mol. The summed E-state index contributed by atoms with van der Waals surface area (Å²) >= 11 is 0. The Kier molecular flexibility index (Phi) is 22.7. The van der Waals surface area contributed by atoms with E-state index in [2.05, 4.69) is 133 Å². The van der Waals surface area contributed by atoms with E-state index in [1.807, 2.05) is 73.6 Å². The van der Waals surface area contributed by atoms with Crippen molar-refractivity contribution in [3.8, 4) is 0 Å². The quantitative estimate of drug-likeness (QED) is 0.0374. The Hall–Kier alpha value is -0.812. The van der Waals surface area contributed by atoms with Crippen LogP contribution in [0.2, 0.25) is 80.1 Å². The zero-order valence-electron chi connectivity index (χ0n) is 58.4. The number of rotatable bonds is 26. The van der Waals surface area contributed by atoms with Crippen LogP contribution in [0, 0.1) is 0 Å². The van der Waals surface area contributed by atoms with Crippen LogP contribution < -0.4 is 0 Å². The number of benzene rings is 1. The largest absolute Gasteiger partial charge is 0.414 e. The highest BCUT2D eigenvalue weighted by Crippen LogP contribution is 2.49. The van der Waals surface area contributed by atoms with Crippen molar-refractivity contribution >= 4 is 33.0 Å². The summed E-state index contributed by atoms with van der Waals surface area (Å²) in [6.07, 6.45) is -5.35. The molecule has 6 heterocycles. The first-order chi connectivity index (χ1) is 39.2. The average molecular weight is 1280 g/mol. The van der Waals surface area contributed by atoms with Crippen LogP contribution in [0.25, 0.3) is 0 Å². The molecule has 0 unspecified atom stereocenters. The molecule has 7 rings (SSSR count). The van der Waals surface area contributed by atoms with Crippen LogP contribution in [0.1, 0.15) is 149 Å².